The van der Waals surface area contributed by atoms with E-state index in [0.29, 0.717) is 13.0 Å². The number of hydrogen-bond acceptors (Lipinski definition) is 4. The van der Waals surface area contributed by atoms with Crippen LogP contribution in [0.2, 0.25) is 0 Å². The summed E-state index contributed by atoms with van der Waals surface area (Å²) < 4.78 is 0. The van der Waals surface area contributed by atoms with Gasteiger partial charge in [-0.15, -0.1) is 0 Å². The minimum atomic E-state index is -0.401. The van der Waals surface area contributed by atoms with Gasteiger partial charge >= 0.3 is 0 Å². The third kappa shape index (κ3) is 5.29. The Labute approximate surface area is 159 Å². The highest BCUT2D eigenvalue weighted by Gasteiger charge is 2.20. The minimum Gasteiger partial charge on any atom is -0.381 e. The third-order valence-electron chi connectivity index (χ3n) is 5.09. The van der Waals surface area contributed by atoms with Gasteiger partial charge in [-0.1, -0.05) is 31.2 Å². The van der Waals surface area contributed by atoms with Crippen LogP contribution in [0.5, 0.6) is 0 Å². The van der Waals surface area contributed by atoms with Gasteiger partial charge in [0.1, 0.15) is 0 Å². The highest BCUT2D eigenvalue weighted by Crippen LogP contribution is 2.18. The number of non-ortho nitro benzene ring substituents is 1. The number of piperidine rings is 1. The maximum atomic E-state index is 12.4. The molecule has 0 spiro atoms. The zero-order chi connectivity index (χ0) is 19.2. The molecule has 2 aromatic rings. The van der Waals surface area contributed by atoms with E-state index < -0.39 is 4.92 Å². The SMILES string of the molecule is CC1CCN(C(=O)Cc2ccc(NCc3ccc([N+](=O)[O-])cc3)cc2)CC1. The molecule has 0 atom stereocenters. The van der Waals surface area contributed by atoms with Gasteiger partial charge in [0, 0.05) is 37.5 Å². The number of anilines is 1. The molecule has 6 heteroatoms. The first-order chi connectivity index (χ1) is 13.0. The highest BCUT2D eigenvalue weighted by molar-refractivity contribution is 5.79. The van der Waals surface area contributed by atoms with Gasteiger partial charge in [-0.2, -0.15) is 0 Å². The van der Waals surface area contributed by atoms with Gasteiger partial charge in [-0.05, 0) is 42.0 Å². The number of amides is 1. The predicted molar refractivity (Wildman–Crippen MR) is 106 cm³/mol. The predicted octanol–water partition coefficient (Wildman–Crippen LogP) is 4.01. The maximum absolute atomic E-state index is 12.4. The lowest BCUT2D eigenvalue weighted by atomic mass is 9.98. The van der Waals surface area contributed by atoms with Crippen LogP contribution in [0.4, 0.5) is 11.4 Å². The van der Waals surface area contributed by atoms with E-state index in [4.69, 9.17) is 0 Å². The Morgan fingerprint density at radius 1 is 1.07 bits per heavy atom. The normalized spacial score (nSPS) is 14.8. The third-order valence-corrected chi connectivity index (χ3v) is 5.09. The lowest BCUT2D eigenvalue weighted by molar-refractivity contribution is -0.384. The molecule has 0 bridgehead atoms. The summed E-state index contributed by atoms with van der Waals surface area (Å²) in [5.41, 5.74) is 3.03. The van der Waals surface area contributed by atoms with E-state index in [-0.39, 0.29) is 11.6 Å². The van der Waals surface area contributed by atoms with Gasteiger partial charge in [0.05, 0.1) is 11.3 Å². The van der Waals surface area contributed by atoms with Crippen LogP contribution in [0, 0.1) is 16.0 Å². The number of nitro benzene ring substituents is 1. The molecule has 142 valence electrons. The molecule has 1 amide bonds. The highest BCUT2D eigenvalue weighted by atomic mass is 16.6. The lowest BCUT2D eigenvalue weighted by Crippen LogP contribution is -2.38. The van der Waals surface area contributed by atoms with Crippen molar-refractivity contribution in [2.75, 3.05) is 18.4 Å². The van der Waals surface area contributed by atoms with E-state index in [1.165, 1.54) is 12.1 Å². The fourth-order valence-corrected chi connectivity index (χ4v) is 3.22. The Balaban J connectivity index is 1.49. The fourth-order valence-electron chi connectivity index (χ4n) is 3.22. The van der Waals surface area contributed by atoms with Crippen LogP contribution < -0.4 is 5.32 Å². The zero-order valence-electron chi connectivity index (χ0n) is 15.6. The molecule has 1 heterocycles. The van der Waals surface area contributed by atoms with E-state index in [0.717, 1.165) is 48.7 Å². The topological polar surface area (TPSA) is 75.5 Å². The van der Waals surface area contributed by atoms with Crippen LogP contribution in [-0.4, -0.2) is 28.8 Å². The Kier molecular flexibility index (Phi) is 6.06. The van der Waals surface area contributed by atoms with Crippen molar-refractivity contribution < 1.29 is 9.72 Å². The average Bonchev–Trinajstić information content (AvgIpc) is 2.68. The number of likely N-dealkylation sites (tertiary alicyclic amines) is 1. The molecule has 3 rings (SSSR count). The molecule has 0 unspecified atom stereocenters. The van der Waals surface area contributed by atoms with Crippen LogP contribution in [0.25, 0.3) is 0 Å². The smallest absolute Gasteiger partial charge is 0.269 e. The van der Waals surface area contributed by atoms with Gasteiger partial charge < -0.3 is 10.2 Å². The van der Waals surface area contributed by atoms with Gasteiger partial charge in [0.15, 0.2) is 0 Å². The van der Waals surface area contributed by atoms with Crippen molar-refractivity contribution in [2.24, 2.45) is 5.92 Å². The van der Waals surface area contributed by atoms with E-state index in [1.807, 2.05) is 29.2 Å². The Hall–Kier alpha value is -2.89. The molecule has 27 heavy (non-hydrogen) atoms. The summed E-state index contributed by atoms with van der Waals surface area (Å²) in [5.74, 6) is 0.920. The monoisotopic (exact) mass is 367 g/mol. The van der Waals surface area contributed by atoms with Gasteiger partial charge in [0.2, 0.25) is 5.91 Å². The van der Waals surface area contributed by atoms with Crippen molar-refractivity contribution in [2.45, 2.75) is 32.7 Å². The van der Waals surface area contributed by atoms with E-state index in [9.17, 15) is 14.9 Å². The number of nitro groups is 1. The number of benzene rings is 2. The van der Waals surface area contributed by atoms with E-state index in [1.54, 1.807) is 12.1 Å². The molecule has 0 radical (unpaired) electrons. The van der Waals surface area contributed by atoms with E-state index >= 15 is 0 Å². The number of rotatable bonds is 6. The summed E-state index contributed by atoms with van der Waals surface area (Å²) in [4.78, 5) is 24.7. The van der Waals surface area contributed by atoms with Crippen molar-refractivity contribution in [1.29, 1.82) is 0 Å². The molecule has 0 aromatic heterocycles. The number of nitrogens with zero attached hydrogens (tertiary/aromatic N) is 2. The molecule has 1 aliphatic rings. The van der Waals surface area contributed by atoms with Crippen LogP contribution in [0.3, 0.4) is 0 Å². The van der Waals surface area contributed by atoms with Crippen LogP contribution in [-0.2, 0) is 17.8 Å². The quantitative estimate of drug-likeness (QED) is 0.618. The Bertz CT molecular complexity index is 779. The molecular formula is C21H25N3O3. The van der Waals surface area contributed by atoms with Crippen molar-refractivity contribution >= 4 is 17.3 Å². The van der Waals surface area contributed by atoms with E-state index in [2.05, 4.69) is 12.2 Å². The van der Waals surface area contributed by atoms with Crippen molar-refractivity contribution in [3.63, 3.8) is 0 Å². The Morgan fingerprint density at radius 3 is 2.26 bits per heavy atom. The van der Waals surface area contributed by atoms with Gasteiger partial charge in [-0.25, -0.2) is 0 Å². The summed E-state index contributed by atoms with van der Waals surface area (Å²) in [5, 5.41) is 14.0. The van der Waals surface area contributed by atoms with Crippen molar-refractivity contribution in [3.8, 4) is 0 Å². The molecule has 6 nitrogen and oxygen atoms in total. The average molecular weight is 367 g/mol. The second kappa shape index (κ2) is 8.66. The van der Waals surface area contributed by atoms with Crippen molar-refractivity contribution in [1.82, 2.24) is 4.90 Å². The number of nitrogens with one attached hydrogen (secondary N) is 1. The molecule has 0 saturated carbocycles. The first-order valence-corrected chi connectivity index (χ1v) is 9.35. The molecular weight excluding hydrogens is 342 g/mol. The second-order valence-electron chi connectivity index (χ2n) is 7.21. The molecule has 1 aliphatic heterocycles. The summed E-state index contributed by atoms with van der Waals surface area (Å²) in [7, 11) is 0. The molecule has 1 fully saturated rings. The summed E-state index contributed by atoms with van der Waals surface area (Å²) in [6, 6.07) is 14.4. The lowest BCUT2D eigenvalue weighted by Gasteiger charge is -2.30. The first kappa shape index (κ1) is 18.9. The van der Waals surface area contributed by atoms with Crippen LogP contribution in [0.1, 0.15) is 30.9 Å². The second-order valence-corrected chi connectivity index (χ2v) is 7.21. The standard InChI is InChI=1S/C21H25N3O3/c1-16-10-12-23(13-11-16)21(25)14-17-2-6-19(7-3-17)22-15-18-4-8-20(9-5-18)24(26)27/h2-9,16,22H,10-15H2,1H3. The van der Waals surface area contributed by atoms with Gasteiger partial charge in [0.25, 0.3) is 5.69 Å². The number of hydrogen-bond donors (Lipinski definition) is 1. The summed E-state index contributed by atoms with van der Waals surface area (Å²) >= 11 is 0. The fraction of sp³-hybridized carbons (Fsp3) is 0.381. The summed E-state index contributed by atoms with van der Waals surface area (Å²) in [6.45, 7) is 4.57. The number of carbonyl (C=O) groups excluding carboxylic acids is 1. The maximum Gasteiger partial charge on any atom is 0.269 e. The molecule has 1 saturated heterocycles. The largest absolute Gasteiger partial charge is 0.381 e. The zero-order valence-corrected chi connectivity index (χ0v) is 15.6. The van der Waals surface area contributed by atoms with Gasteiger partial charge in [-0.3, -0.25) is 14.9 Å². The molecule has 0 aliphatic carbocycles. The minimum absolute atomic E-state index is 0.0935. The van der Waals surface area contributed by atoms with Crippen LogP contribution in [0.15, 0.2) is 48.5 Å². The molecule has 2 aromatic carbocycles. The number of carbonyl (C=O) groups is 1. The first-order valence-electron chi connectivity index (χ1n) is 9.35. The van der Waals surface area contributed by atoms with Crippen LogP contribution >= 0.6 is 0 Å². The summed E-state index contributed by atoms with van der Waals surface area (Å²) in [6.07, 6.45) is 2.63. The Morgan fingerprint density at radius 2 is 1.67 bits per heavy atom. The van der Waals surface area contributed by atoms with Crippen molar-refractivity contribution in [3.05, 3.63) is 69.8 Å². The molecule has 1 N–H and O–H groups in total.